The fraction of sp³-hybridized carbons (Fsp3) is 0.312. The Hall–Kier alpha value is -2.84. The SMILES string of the molecule is O=C(Nc1ccc(C(F)(F)F)cc1)Nc1cc(N2CCCC2)ncn1. The number of rotatable bonds is 3. The second kappa shape index (κ2) is 6.96. The molecule has 0 unspecified atom stereocenters. The molecule has 1 aliphatic rings. The number of alkyl halides is 3. The largest absolute Gasteiger partial charge is 0.416 e. The number of anilines is 3. The van der Waals surface area contributed by atoms with Crippen LogP contribution in [0.1, 0.15) is 18.4 Å². The maximum Gasteiger partial charge on any atom is 0.416 e. The molecule has 9 heteroatoms. The Morgan fingerprint density at radius 3 is 2.36 bits per heavy atom. The Balaban J connectivity index is 1.61. The molecular weight excluding hydrogens is 335 g/mol. The average molecular weight is 351 g/mol. The van der Waals surface area contributed by atoms with Crippen LogP contribution < -0.4 is 15.5 Å². The number of urea groups is 1. The molecule has 0 radical (unpaired) electrons. The van der Waals surface area contributed by atoms with Crippen LogP contribution in [-0.4, -0.2) is 29.1 Å². The zero-order valence-electron chi connectivity index (χ0n) is 13.2. The lowest BCUT2D eigenvalue weighted by Crippen LogP contribution is -2.22. The Morgan fingerprint density at radius 2 is 1.72 bits per heavy atom. The highest BCUT2D eigenvalue weighted by molar-refractivity contribution is 5.99. The van der Waals surface area contributed by atoms with Gasteiger partial charge in [0.05, 0.1) is 5.56 Å². The molecule has 3 rings (SSSR count). The molecule has 1 aliphatic heterocycles. The summed E-state index contributed by atoms with van der Waals surface area (Å²) in [6.07, 6.45) is -0.850. The molecule has 1 aromatic carbocycles. The van der Waals surface area contributed by atoms with Crippen molar-refractivity contribution in [2.45, 2.75) is 19.0 Å². The van der Waals surface area contributed by atoms with Crippen LogP contribution in [0.2, 0.25) is 0 Å². The molecule has 6 nitrogen and oxygen atoms in total. The van der Waals surface area contributed by atoms with Gasteiger partial charge in [0.25, 0.3) is 0 Å². The third kappa shape index (κ3) is 4.37. The molecule has 2 N–H and O–H groups in total. The molecule has 0 spiro atoms. The molecule has 1 aromatic heterocycles. The summed E-state index contributed by atoms with van der Waals surface area (Å²) >= 11 is 0. The second-order valence-corrected chi connectivity index (χ2v) is 5.61. The number of amides is 2. The number of benzene rings is 1. The molecule has 1 fully saturated rings. The molecule has 2 amide bonds. The van der Waals surface area contributed by atoms with Crippen LogP contribution in [0.3, 0.4) is 0 Å². The number of halogens is 3. The minimum atomic E-state index is -4.41. The molecule has 0 saturated carbocycles. The molecule has 132 valence electrons. The summed E-state index contributed by atoms with van der Waals surface area (Å²) in [5.74, 6) is 1.05. The van der Waals surface area contributed by atoms with Crippen molar-refractivity contribution in [3.63, 3.8) is 0 Å². The van der Waals surface area contributed by atoms with Gasteiger partial charge in [0.15, 0.2) is 0 Å². The Bertz CT molecular complexity index is 742. The van der Waals surface area contributed by atoms with Crippen LogP contribution in [0.25, 0.3) is 0 Å². The Kier molecular flexibility index (Phi) is 4.73. The third-order valence-corrected chi connectivity index (χ3v) is 3.79. The lowest BCUT2D eigenvalue weighted by molar-refractivity contribution is -0.137. The van der Waals surface area contributed by atoms with E-state index in [1.807, 2.05) is 0 Å². The summed E-state index contributed by atoms with van der Waals surface area (Å²) in [5.41, 5.74) is -0.524. The van der Waals surface area contributed by atoms with Crippen LogP contribution in [0.15, 0.2) is 36.7 Å². The monoisotopic (exact) mass is 351 g/mol. The second-order valence-electron chi connectivity index (χ2n) is 5.61. The van der Waals surface area contributed by atoms with E-state index in [-0.39, 0.29) is 5.69 Å². The summed E-state index contributed by atoms with van der Waals surface area (Å²) in [5, 5.41) is 5.02. The van der Waals surface area contributed by atoms with Gasteiger partial charge >= 0.3 is 12.2 Å². The number of aromatic nitrogens is 2. The van der Waals surface area contributed by atoms with E-state index < -0.39 is 17.8 Å². The average Bonchev–Trinajstić information content (AvgIpc) is 3.09. The standard InChI is InChI=1S/C16H16F3N5O/c17-16(18,19)11-3-5-12(6-4-11)22-15(25)23-13-9-14(21-10-20-13)24-7-1-2-8-24/h3-6,9-10H,1-2,7-8H2,(H2,20,21,22,23,25). The van der Waals surface area contributed by atoms with Crippen molar-refractivity contribution in [3.05, 3.63) is 42.2 Å². The maximum absolute atomic E-state index is 12.5. The number of nitrogens with one attached hydrogen (secondary N) is 2. The predicted octanol–water partition coefficient (Wildman–Crippen LogP) is 3.74. The van der Waals surface area contributed by atoms with E-state index >= 15 is 0 Å². The predicted molar refractivity (Wildman–Crippen MR) is 87.6 cm³/mol. The normalized spacial score (nSPS) is 14.4. The zero-order valence-corrected chi connectivity index (χ0v) is 13.2. The highest BCUT2D eigenvalue weighted by atomic mass is 19.4. The third-order valence-electron chi connectivity index (χ3n) is 3.79. The van der Waals surface area contributed by atoms with E-state index in [9.17, 15) is 18.0 Å². The maximum atomic E-state index is 12.5. The van der Waals surface area contributed by atoms with Gasteiger partial charge in [-0.05, 0) is 37.1 Å². The number of hydrogen-bond acceptors (Lipinski definition) is 4. The van der Waals surface area contributed by atoms with E-state index in [1.54, 1.807) is 6.07 Å². The van der Waals surface area contributed by atoms with Crippen LogP contribution >= 0.6 is 0 Å². The Labute approximate surface area is 142 Å². The van der Waals surface area contributed by atoms with Crippen molar-refractivity contribution in [2.24, 2.45) is 0 Å². The van der Waals surface area contributed by atoms with Gasteiger partial charge in [-0.3, -0.25) is 5.32 Å². The fourth-order valence-corrected chi connectivity index (χ4v) is 2.56. The van der Waals surface area contributed by atoms with Crippen LogP contribution in [0.4, 0.5) is 35.3 Å². The van der Waals surface area contributed by atoms with Crippen molar-refractivity contribution in [1.82, 2.24) is 9.97 Å². The van der Waals surface area contributed by atoms with Crippen molar-refractivity contribution in [1.29, 1.82) is 0 Å². The van der Waals surface area contributed by atoms with E-state index in [0.717, 1.165) is 43.9 Å². The molecule has 0 bridgehead atoms. The first kappa shape index (κ1) is 17.0. The minimum Gasteiger partial charge on any atom is -0.356 e. The first-order valence-electron chi connectivity index (χ1n) is 7.74. The van der Waals surface area contributed by atoms with Gasteiger partial charge in [-0.2, -0.15) is 13.2 Å². The van der Waals surface area contributed by atoms with Gasteiger partial charge in [0, 0.05) is 24.8 Å². The van der Waals surface area contributed by atoms with Gasteiger partial charge in [-0.25, -0.2) is 14.8 Å². The molecule has 0 atom stereocenters. The van der Waals surface area contributed by atoms with Gasteiger partial charge in [0.1, 0.15) is 18.0 Å². The molecule has 0 aliphatic carbocycles. The highest BCUT2D eigenvalue weighted by Gasteiger charge is 2.30. The van der Waals surface area contributed by atoms with Crippen LogP contribution in [0, 0.1) is 0 Å². The van der Waals surface area contributed by atoms with Crippen molar-refractivity contribution in [2.75, 3.05) is 28.6 Å². The summed E-state index contributed by atoms with van der Waals surface area (Å²) in [6, 6.07) is 5.27. The van der Waals surface area contributed by atoms with Crippen LogP contribution in [-0.2, 0) is 6.18 Å². The van der Waals surface area contributed by atoms with Gasteiger partial charge in [0.2, 0.25) is 0 Å². The first-order chi connectivity index (χ1) is 11.9. The fourth-order valence-electron chi connectivity index (χ4n) is 2.56. The summed E-state index contributed by atoms with van der Waals surface area (Å²) in [4.78, 5) is 22.2. The van der Waals surface area contributed by atoms with E-state index in [4.69, 9.17) is 0 Å². The van der Waals surface area contributed by atoms with Gasteiger partial charge in [-0.15, -0.1) is 0 Å². The Morgan fingerprint density at radius 1 is 1.04 bits per heavy atom. The lowest BCUT2D eigenvalue weighted by Gasteiger charge is -2.16. The van der Waals surface area contributed by atoms with Crippen molar-refractivity contribution >= 4 is 23.4 Å². The number of carbonyl (C=O) groups is 1. The topological polar surface area (TPSA) is 70.2 Å². The molecule has 2 heterocycles. The molecule has 2 aromatic rings. The molecule has 1 saturated heterocycles. The zero-order chi connectivity index (χ0) is 17.9. The lowest BCUT2D eigenvalue weighted by atomic mass is 10.2. The first-order valence-corrected chi connectivity index (χ1v) is 7.74. The van der Waals surface area contributed by atoms with E-state index in [2.05, 4.69) is 25.5 Å². The molecular formula is C16H16F3N5O. The van der Waals surface area contributed by atoms with Gasteiger partial charge in [-0.1, -0.05) is 0 Å². The summed E-state index contributed by atoms with van der Waals surface area (Å²) < 4.78 is 37.6. The number of nitrogens with zero attached hydrogens (tertiary/aromatic N) is 3. The quantitative estimate of drug-likeness (QED) is 0.884. The van der Waals surface area contributed by atoms with E-state index in [0.29, 0.717) is 5.82 Å². The number of carbonyl (C=O) groups excluding carboxylic acids is 1. The highest BCUT2D eigenvalue weighted by Crippen LogP contribution is 2.29. The smallest absolute Gasteiger partial charge is 0.356 e. The summed E-state index contributed by atoms with van der Waals surface area (Å²) in [7, 11) is 0. The minimum absolute atomic E-state index is 0.249. The molecule has 25 heavy (non-hydrogen) atoms. The van der Waals surface area contributed by atoms with E-state index in [1.165, 1.54) is 18.5 Å². The number of hydrogen-bond donors (Lipinski definition) is 2. The summed E-state index contributed by atoms with van der Waals surface area (Å²) in [6.45, 7) is 1.82. The van der Waals surface area contributed by atoms with Gasteiger partial charge < -0.3 is 10.2 Å². The van der Waals surface area contributed by atoms with Crippen LogP contribution in [0.5, 0.6) is 0 Å². The van der Waals surface area contributed by atoms with Crippen molar-refractivity contribution in [3.8, 4) is 0 Å². The van der Waals surface area contributed by atoms with Crippen molar-refractivity contribution < 1.29 is 18.0 Å².